The Kier molecular flexibility index (Phi) is 36.7. The molecule has 146 valence electrons. The third kappa shape index (κ3) is 28.2. The van der Waals surface area contributed by atoms with Gasteiger partial charge in [-0.3, -0.25) is 0 Å². The third-order valence-corrected chi connectivity index (χ3v) is 4.36. The van der Waals surface area contributed by atoms with Crippen LogP contribution in [0.15, 0.2) is 0 Å². The summed E-state index contributed by atoms with van der Waals surface area (Å²) in [6, 6.07) is 0. The second kappa shape index (κ2) is 29.2. The molecule has 0 heterocycles. The molecule has 0 fully saturated rings. The number of hydrogen-bond donors (Lipinski definition) is 0. The second-order valence-electron chi connectivity index (χ2n) is 5.56. The molecule has 24 heavy (non-hydrogen) atoms. The summed E-state index contributed by atoms with van der Waals surface area (Å²) in [4.78, 5) is 4.66. The van der Waals surface area contributed by atoms with Crippen LogP contribution in [-0.4, -0.2) is 66.8 Å². The number of hydrogen-bond acceptors (Lipinski definition) is 6. The maximum atomic E-state index is 8.22. The van der Waals surface area contributed by atoms with Crippen LogP contribution in [0.25, 0.3) is 0 Å². The molecule has 0 aliphatic carbocycles. The summed E-state index contributed by atoms with van der Waals surface area (Å²) in [5.41, 5.74) is 0. The van der Waals surface area contributed by atoms with Gasteiger partial charge in [0.2, 0.25) is 0 Å². The van der Waals surface area contributed by atoms with E-state index in [1.807, 2.05) is 7.05 Å². The average molecular weight is 480 g/mol. The van der Waals surface area contributed by atoms with Crippen LogP contribution in [0.4, 0.5) is 0 Å². The van der Waals surface area contributed by atoms with Crippen molar-refractivity contribution < 1.29 is 22.4 Å². The molecule has 0 radical (unpaired) electrons. The molecule has 0 N–H and O–H groups in total. The summed E-state index contributed by atoms with van der Waals surface area (Å²) in [6.45, 7) is 10.2. The van der Waals surface area contributed by atoms with Crippen molar-refractivity contribution in [2.45, 2.75) is 52.4 Å². The molecule has 0 atom stereocenters. The van der Waals surface area contributed by atoms with Crippen LogP contribution in [0.5, 0.6) is 0 Å². The van der Waals surface area contributed by atoms with E-state index in [1.54, 1.807) is 0 Å². The fourth-order valence-electron chi connectivity index (χ4n) is 2.11. The van der Waals surface area contributed by atoms with Crippen molar-refractivity contribution in [1.29, 1.82) is 0 Å². The third-order valence-electron chi connectivity index (χ3n) is 3.71. The van der Waals surface area contributed by atoms with Gasteiger partial charge in [0, 0.05) is 0 Å². The predicted molar refractivity (Wildman–Crippen MR) is 110 cm³/mol. The first-order chi connectivity index (χ1) is 11.7. The van der Waals surface area contributed by atoms with Gasteiger partial charge in [-0.2, -0.15) is 17.3 Å². The summed E-state index contributed by atoms with van der Waals surface area (Å²) >= 11 is 15.3. The molecule has 0 saturated heterocycles. The van der Waals surface area contributed by atoms with Gasteiger partial charge in [-0.05, 0) is 46.2 Å². The first-order valence-electron chi connectivity index (χ1n) is 8.96. The fraction of sp³-hybridized carbons (Fsp3) is 1.00. The Balaban J connectivity index is -0.000000374. The molecule has 0 rings (SSSR count). The Morgan fingerprint density at radius 3 is 1.46 bits per heavy atom. The van der Waals surface area contributed by atoms with Crippen molar-refractivity contribution in [3.8, 4) is 0 Å². The van der Waals surface area contributed by atoms with E-state index in [9.17, 15) is 0 Å². The standard InChI is InChI=1S/C12H27NS.C5H13NS2.O.Tc/c1-3-13(4-2)11-9-7-5-6-8-10-12-14;1-6(2-4-7)3-5-8;;/h14H,3-12H2,1-2H3;7-8H,2-5H2,1H3;;/q;;;+3/p-3. The topological polar surface area (TPSA) is 23.6 Å². The molecule has 0 unspecified atom stereocenters. The molecule has 0 aromatic rings. The Morgan fingerprint density at radius 1 is 0.667 bits per heavy atom. The van der Waals surface area contributed by atoms with Gasteiger partial charge in [0.1, 0.15) is 0 Å². The zero-order valence-corrected chi connectivity index (χ0v) is 20.1. The number of rotatable bonds is 14. The molecule has 0 saturated carbocycles. The first kappa shape index (κ1) is 30.2. The molecule has 3 nitrogen and oxygen atoms in total. The van der Waals surface area contributed by atoms with E-state index in [-0.39, 0.29) is 0 Å². The van der Waals surface area contributed by atoms with E-state index < -0.39 is 0 Å². The minimum absolute atomic E-state index is 0.811. The Bertz CT molecular complexity index is 208. The zero-order valence-electron chi connectivity index (χ0n) is 15.8. The summed E-state index contributed by atoms with van der Waals surface area (Å²) in [7, 11) is 2.04. The van der Waals surface area contributed by atoms with Crippen LogP contribution >= 0.6 is 0 Å². The zero-order chi connectivity index (χ0) is 19.1. The molecule has 7 heteroatoms. The Morgan fingerprint density at radius 2 is 1.08 bits per heavy atom. The fourth-order valence-corrected chi connectivity index (χ4v) is 2.94. The predicted octanol–water partition coefficient (Wildman–Crippen LogP) is 3.11. The van der Waals surface area contributed by atoms with Gasteiger partial charge < -0.3 is 47.7 Å². The molecule has 0 aliphatic heterocycles. The van der Waals surface area contributed by atoms with Gasteiger partial charge >= 0.3 is 22.4 Å². The average Bonchev–Trinajstić information content (AvgIpc) is 2.60. The monoisotopic (exact) mass is 478 g/mol. The number of unbranched alkanes of at least 4 members (excludes halogenated alkanes) is 5. The van der Waals surface area contributed by atoms with E-state index in [1.165, 1.54) is 58.2 Å². The van der Waals surface area contributed by atoms with Crippen LogP contribution in [0.3, 0.4) is 0 Å². The van der Waals surface area contributed by atoms with Crippen LogP contribution in [-0.2, 0) is 60.2 Å². The quantitative estimate of drug-likeness (QED) is 0.280. The van der Waals surface area contributed by atoms with Crippen LogP contribution in [0.2, 0.25) is 0 Å². The van der Waals surface area contributed by atoms with E-state index in [0.29, 0.717) is 0 Å². The molecule has 0 aliphatic rings. The summed E-state index contributed by atoms with van der Waals surface area (Å²) in [5.74, 6) is 2.57. The molecular formula is C17H37N2OS3Tc. The van der Waals surface area contributed by atoms with Crippen LogP contribution < -0.4 is 0 Å². The second-order valence-corrected chi connectivity index (χ2v) is 6.79. The van der Waals surface area contributed by atoms with Gasteiger partial charge in [0.05, 0.1) is 0 Å². The van der Waals surface area contributed by atoms with Crippen molar-refractivity contribution in [3.05, 3.63) is 0 Å². The Labute approximate surface area is 178 Å². The Hall–Kier alpha value is 1.42. The van der Waals surface area contributed by atoms with E-state index >= 15 is 0 Å². The van der Waals surface area contributed by atoms with Gasteiger partial charge in [-0.15, -0.1) is 0 Å². The molecule has 0 spiro atoms. The molecular weight excluding hydrogens is 442 g/mol. The van der Waals surface area contributed by atoms with Crippen LogP contribution in [0.1, 0.15) is 52.4 Å². The van der Waals surface area contributed by atoms with Crippen molar-refractivity contribution in [1.82, 2.24) is 9.80 Å². The SMILES string of the molecule is CCN(CC)CCCCCCCC[S-].CN(CC[S-])CC[S-].[O]=[Tc+3]. The van der Waals surface area contributed by atoms with Gasteiger partial charge in [0.15, 0.2) is 0 Å². The molecule has 0 bridgehead atoms. The van der Waals surface area contributed by atoms with Gasteiger partial charge in [-0.25, -0.2) is 0 Å². The van der Waals surface area contributed by atoms with E-state index in [4.69, 9.17) is 41.4 Å². The van der Waals surface area contributed by atoms with E-state index in [0.717, 1.165) is 49.2 Å². The molecule has 0 aromatic heterocycles. The van der Waals surface area contributed by atoms with Crippen molar-refractivity contribution in [3.63, 3.8) is 0 Å². The molecule has 0 amide bonds. The van der Waals surface area contributed by atoms with Crippen molar-refractivity contribution in [2.24, 2.45) is 0 Å². The first-order valence-corrected chi connectivity index (χ1v) is 11.5. The maximum absolute atomic E-state index is 8.22. The van der Waals surface area contributed by atoms with Crippen molar-refractivity contribution >= 4 is 37.9 Å². The summed E-state index contributed by atoms with van der Waals surface area (Å²) in [5, 5.41) is 0. The van der Waals surface area contributed by atoms with Crippen molar-refractivity contribution in [2.75, 3.05) is 57.0 Å². The van der Waals surface area contributed by atoms with Gasteiger partial charge in [-0.1, -0.05) is 46.0 Å². The van der Waals surface area contributed by atoms with E-state index in [2.05, 4.69) is 23.6 Å². The van der Waals surface area contributed by atoms with Crippen LogP contribution in [0, 0.1) is 0 Å². The normalized spacial score (nSPS) is 10.1. The minimum atomic E-state index is 0.811. The number of nitrogens with zero attached hydrogens (tertiary/aromatic N) is 2. The summed E-state index contributed by atoms with van der Waals surface area (Å²) < 4.78 is 8.22. The summed E-state index contributed by atoms with van der Waals surface area (Å²) in [6.07, 6.45) is 8.13. The van der Waals surface area contributed by atoms with Gasteiger partial charge in [0.25, 0.3) is 0 Å². The molecule has 0 aromatic carbocycles.